The Balaban J connectivity index is 2.26. The smallest absolute Gasteiger partial charge is 0.299 e. The zero-order valence-electron chi connectivity index (χ0n) is 10.1. The number of hydrogen-bond acceptors (Lipinski definition) is 3. The first-order chi connectivity index (χ1) is 8.15. The minimum atomic E-state index is -0.401. The SMILES string of the molecule is CNCCCN1C(=O)C(=O)c2ccc(C)cc21. The predicted molar refractivity (Wildman–Crippen MR) is 66.4 cm³/mol. The lowest BCUT2D eigenvalue weighted by Gasteiger charge is -2.16. The van der Waals surface area contributed by atoms with Crippen molar-refractivity contribution in [3.63, 3.8) is 0 Å². The number of amides is 1. The van der Waals surface area contributed by atoms with Crippen LogP contribution in [0.2, 0.25) is 0 Å². The van der Waals surface area contributed by atoms with Gasteiger partial charge in [0.25, 0.3) is 11.7 Å². The molecular weight excluding hydrogens is 216 g/mol. The molecule has 90 valence electrons. The molecule has 2 rings (SSSR count). The Morgan fingerprint density at radius 1 is 1.29 bits per heavy atom. The van der Waals surface area contributed by atoms with Gasteiger partial charge < -0.3 is 10.2 Å². The van der Waals surface area contributed by atoms with E-state index in [1.807, 2.05) is 26.1 Å². The number of Topliss-reactive ketones (excluding diaryl/α,β-unsaturated/α-hetero) is 1. The maximum atomic E-state index is 11.8. The van der Waals surface area contributed by atoms with Crippen LogP contribution in [0.5, 0.6) is 0 Å². The number of ketones is 1. The fraction of sp³-hybridized carbons (Fsp3) is 0.385. The Hall–Kier alpha value is -1.68. The van der Waals surface area contributed by atoms with Gasteiger partial charge in [0.2, 0.25) is 0 Å². The van der Waals surface area contributed by atoms with E-state index in [0.717, 1.165) is 24.2 Å². The lowest BCUT2D eigenvalue weighted by atomic mass is 10.1. The fourth-order valence-corrected chi connectivity index (χ4v) is 2.04. The number of nitrogens with one attached hydrogen (secondary N) is 1. The standard InChI is InChI=1S/C13H16N2O2/c1-9-4-5-10-11(8-9)15(7-3-6-14-2)13(17)12(10)16/h4-5,8,14H,3,6-7H2,1-2H3. The molecule has 1 amide bonds. The second kappa shape index (κ2) is 4.67. The van der Waals surface area contributed by atoms with Gasteiger partial charge in [-0.1, -0.05) is 6.07 Å². The Morgan fingerprint density at radius 2 is 2.06 bits per heavy atom. The van der Waals surface area contributed by atoms with Crippen molar-refractivity contribution in [3.8, 4) is 0 Å². The molecule has 0 spiro atoms. The molecule has 0 fully saturated rings. The van der Waals surface area contributed by atoms with Crippen molar-refractivity contribution in [2.24, 2.45) is 0 Å². The molecule has 4 nitrogen and oxygen atoms in total. The lowest BCUT2D eigenvalue weighted by molar-refractivity contribution is -0.114. The summed E-state index contributed by atoms with van der Waals surface area (Å²) >= 11 is 0. The fourth-order valence-electron chi connectivity index (χ4n) is 2.04. The highest BCUT2D eigenvalue weighted by Crippen LogP contribution is 2.29. The van der Waals surface area contributed by atoms with E-state index in [2.05, 4.69) is 5.32 Å². The third-order valence-electron chi connectivity index (χ3n) is 2.94. The van der Waals surface area contributed by atoms with Crippen LogP contribution in [0.25, 0.3) is 0 Å². The van der Waals surface area contributed by atoms with Crippen LogP contribution in [0.15, 0.2) is 18.2 Å². The number of carbonyl (C=O) groups is 2. The molecular formula is C13H16N2O2. The van der Waals surface area contributed by atoms with E-state index in [9.17, 15) is 9.59 Å². The van der Waals surface area contributed by atoms with E-state index >= 15 is 0 Å². The number of rotatable bonds is 4. The summed E-state index contributed by atoms with van der Waals surface area (Å²) in [5.74, 6) is -0.786. The van der Waals surface area contributed by atoms with Gasteiger partial charge >= 0.3 is 0 Å². The average Bonchev–Trinajstić information content (AvgIpc) is 2.54. The summed E-state index contributed by atoms with van der Waals surface area (Å²) in [5, 5.41) is 3.03. The molecule has 1 N–H and O–H groups in total. The van der Waals surface area contributed by atoms with Crippen LogP contribution in [0.4, 0.5) is 5.69 Å². The second-order valence-electron chi connectivity index (χ2n) is 4.26. The number of anilines is 1. The van der Waals surface area contributed by atoms with Crippen LogP contribution in [0.3, 0.4) is 0 Å². The summed E-state index contributed by atoms with van der Waals surface area (Å²) in [6, 6.07) is 5.50. The van der Waals surface area contributed by atoms with Crippen LogP contribution in [0, 0.1) is 6.92 Å². The van der Waals surface area contributed by atoms with Gasteiger partial charge in [-0.25, -0.2) is 0 Å². The number of nitrogens with zero attached hydrogens (tertiary/aromatic N) is 1. The van der Waals surface area contributed by atoms with Gasteiger partial charge in [-0.3, -0.25) is 9.59 Å². The number of aryl methyl sites for hydroxylation is 1. The molecule has 17 heavy (non-hydrogen) atoms. The van der Waals surface area contributed by atoms with Gasteiger partial charge in [-0.2, -0.15) is 0 Å². The Kier molecular flexibility index (Phi) is 3.24. The van der Waals surface area contributed by atoms with E-state index in [1.54, 1.807) is 11.0 Å². The zero-order valence-corrected chi connectivity index (χ0v) is 10.1. The maximum Gasteiger partial charge on any atom is 0.299 e. The highest BCUT2D eigenvalue weighted by Gasteiger charge is 2.35. The first-order valence-electron chi connectivity index (χ1n) is 5.76. The minimum Gasteiger partial charge on any atom is -0.320 e. The van der Waals surface area contributed by atoms with Gasteiger partial charge in [0.05, 0.1) is 11.3 Å². The molecule has 0 bridgehead atoms. The van der Waals surface area contributed by atoms with Crippen LogP contribution in [-0.2, 0) is 4.79 Å². The summed E-state index contributed by atoms with van der Waals surface area (Å²) in [6.45, 7) is 3.38. The molecule has 0 atom stereocenters. The van der Waals surface area contributed by atoms with Crippen LogP contribution >= 0.6 is 0 Å². The molecule has 0 aliphatic carbocycles. The first-order valence-corrected chi connectivity index (χ1v) is 5.76. The molecule has 4 heteroatoms. The third-order valence-corrected chi connectivity index (χ3v) is 2.94. The van der Waals surface area contributed by atoms with Gasteiger partial charge in [0.1, 0.15) is 0 Å². The largest absolute Gasteiger partial charge is 0.320 e. The molecule has 0 radical (unpaired) electrons. The molecule has 0 saturated carbocycles. The molecule has 0 aromatic heterocycles. The zero-order chi connectivity index (χ0) is 12.4. The van der Waals surface area contributed by atoms with E-state index < -0.39 is 5.91 Å². The van der Waals surface area contributed by atoms with Gasteiger partial charge in [0.15, 0.2) is 0 Å². The first kappa shape index (κ1) is 11.8. The monoisotopic (exact) mass is 232 g/mol. The van der Waals surface area contributed by atoms with Crippen LogP contribution in [-0.4, -0.2) is 31.8 Å². The molecule has 1 aliphatic heterocycles. The molecule has 0 unspecified atom stereocenters. The Labute approximate surface area is 101 Å². The number of carbonyl (C=O) groups excluding carboxylic acids is 2. The lowest BCUT2D eigenvalue weighted by Crippen LogP contribution is -2.32. The predicted octanol–water partition coefficient (Wildman–Crippen LogP) is 1.13. The normalized spacial score (nSPS) is 14.4. The number of fused-ring (bicyclic) bond motifs is 1. The summed E-state index contributed by atoms with van der Waals surface area (Å²) in [4.78, 5) is 25.2. The summed E-state index contributed by atoms with van der Waals surface area (Å²) < 4.78 is 0. The summed E-state index contributed by atoms with van der Waals surface area (Å²) in [5.41, 5.74) is 2.35. The topological polar surface area (TPSA) is 49.4 Å². The highest BCUT2D eigenvalue weighted by molar-refractivity contribution is 6.52. The van der Waals surface area contributed by atoms with E-state index in [0.29, 0.717) is 12.1 Å². The summed E-state index contributed by atoms with van der Waals surface area (Å²) in [6.07, 6.45) is 0.836. The maximum absolute atomic E-state index is 11.8. The van der Waals surface area contributed by atoms with E-state index in [4.69, 9.17) is 0 Å². The summed E-state index contributed by atoms with van der Waals surface area (Å²) in [7, 11) is 1.87. The third kappa shape index (κ3) is 2.08. The van der Waals surface area contributed by atoms with Crippen molar-refractivity contribution >= 4 is 17.4 Å². The van der Waals surface area contributed by atoms with Gasteiger partial charge in [-0.15, -0.1) is 0 Å². The van der Waals surface area contributed by atoms with Crippen molar-refractivity contribution < 1.29 is 9.59 Å². The number of hydrogen-bond donors (Lipinski definition) is 1. The molecule has 1 heterocycles. The van der Waals surface area contributed by atoms with E-state index in [1.165, 1.54) is 0 Å². The Morgan fingerprint density at radius 3 is 2.76 bits per heavy atom. The van der Waals surface area contributed by atoms with Gasteiger partial charge in [-0.05, 0) is 44.6 Å². The number of benzene rings is 1. The van der Waals surface area contributed by atoms with E-state index in [-0.39, 0.29) is 5.78 Å². The second-order valence-corrected chi connectivity index (χ2v) is 4.26. The quantitative estimate of drug-likeness (QED) is 0.625. The van der Waals surface area contributed by atoms with Crippen molar-refractivity contribution in [1.29, 1.82) is 0 Å². The van der Waals surface area contributed by atoms with Crippen LogP contribution < -0.4 is 10.2 Å². The van der Waals surface area contributed by atoms with Crippen molar-refractivity contribution in [1.82, 2.24) is 5.32 Å². The molecule has 1 aromatic rings. The molecule has 0 saturated heterocycles. The van der Waals surface area contributed by atoms with Crippen molar-refractivity contribution in [2.75, 3.05) is 25.0 Å². The minimum absolute atomic E-state index is 0.385. The molecule has 1 aliphatic rings. The van der Waals surface area contributed by atoms with Crippen LogP contribution in [0.1, 0.15) is 22.3 Å². The van der Waals surface area contributed by atoms with Crippen molar-refractivity contribution in [2.45, 2.75) is 13.3 Å². The Bertz CT molecular complexity index is 468. The van der Waals surface area contributed by atoms with Gasteiger partial charge in [0, 0.05) is 6.54 Å². The van der Waals surface area contributed by atoms with Crippen molar-refractivity contribution in [3.05, 3.63) is 29.3 Å². The molecule has 1 aromatic carbocycles. The average molecular weight is 232 g/mol. The highest BCUT2D eigenvalue weighted by atomic mass is 16.2.